The molecule has 0 bridgehead atoms. The minimum absolute atomic E-state index is 0.107. The number of nitrogens with zero attached hydrogens (tertiary/aromatic N) is 3. The molecule has 0 radical (unpaired) electrons. The van der Waals surface area contributed by atoms with Gasteiger partial charge in [0, 0.05) is 17.2 Å². The van der Waals surface area contributed by atoms with Gasteiger partial charge in [-0.1, -0.05) is 11.2 Å². The fourth-order valence-electron chi connectivity index (χ4n) is 1.75. The normalized spacial score (nSPS) is 17.1. The number of nitrogens with one attached hydrogen (secondary N) is 1. The molecule has 8 heteroatoms. The van der Waals surface area contributed by atoms with Gasteiger partial charge < -0.3 is 9.84 Å². The van der Waals surface area contributed by atoms with Gasteiger partial charge in [0.15, 0.2) is 5.82 Å². The minimum Gasteiger partial charge on any atom is -0.343 e. The molecular weight excluding hydrogens is 292 g/mol. The van der Waals surface area contributed by atoms with Crippen LogP contribution in [0.15, 0.2) is 38.5 Å². The molecule has 1 aliphatic rings. The Morgan fingerprint density at radius 3 is 3.14 bits per heavy atom. The van der Waals surface area contributed by atoms with Crippen molar-refractivity contribution in [1.29, 1.82) is 0 Å². The number of rotatable bonds is 4. The summed E-state index contributed by atoms with van der Waals surface area (Å²) in [7, 11) is 0. The topological polar surface area (TPSA) is 97.5 Å². The molecule has 3 heterocycles. The van der Waals surface area contributed by atoms with Crippen molar-refractivity contribution >= 4 is 29.4 Å². The highest BCUT2D eigenvalue weighted by Crippen LogP contribution is 2.18. The number of hydrogen-bond acceptors (Lipinski definition) is 6. The second kappa shape index (κ2) is 5.80. The fraction of sp³-hybridized carbons (Fsp3) is 0.154. The number of thiophene rings is 1. The zero-order valence-electron chi connectivity index (χ0n) is 10.7. The average molecular weight is 302 g/mol. The number of dihydropyridines is 1. The highest BCUT2D eigenvalue weighted by molar-refractivity contribution is 7.08. The highest BCUT2D eigenvalue weighted by Gasteiger charge is 2.24. The quantitative estimate of drug-likeness (QED) is 0.918. The lowest BCUT2D eigenvalue weighted by atomic mass is 10.1. The van der Waals surface area contributed by atoms with Crippen molar-refractivity contribution < 1.29 is 14.1 Å². The maximum atomic E-state index is 11.8. The summed E-state index contributed by atoms with van der Waals surface area (Å²) >= 11 is 1.44. The van der Waals surface area contributed by atoms with E-state index < -0.39 is 5.92 Å². The zero-order valence-corrected chi connectivity index (χ0v) is 11.5. The molecule has 0 saturated carbocycles. The van der Waals surface area contributed by atoms with E-state index >= 15 is 0 Å². The van der Waals surface area contributed by atoms with E-state index in [1.54, 1.807) is 23.6 Å². The van der Waals surface area contributed by atoms with Crippen LogP contribution in [0.1, 0.15) is 28.0 Å². The van der Waals surface area contributed by atoms with Crippen LogP contribution in [0.3, 0.4) is 0 Å². The molecule has 106 valence electrons. The first kappa shape index (κ1) is 13.4. The van der Waals surface area contributed by atoms with Gasteiger partial charge in [-0.25, -0.2) is 4.99 Å². The predicted octanol–water partition coefficient (Wildman–Crippen LogP) is 1.31. The van der Waals surface area contributed by atoms with Gasteiger partial charge in [-0.3, -0.25) is 9.59 Å². The first-order valence-corrected chi connectivity index (χ1v) is 7.06. The van der Waals surface area contributed by atoms with Crippen LogP contribution in [0.25, 0.3) is 0 Å². The van der Waals surface area contributed by atoms with Gasteiger partial charge >= 0.3 is 0 Å². The minimum atomic E-state index is -0.625. The number of aromatic nitrogens is 2. The Morgan fingerprint density at radius 2 is 2.38 bits per heavy atom. The standard InChI is InChI=1S/C13H10N4O3S/c18-12(8-3-5-21-7-8)15-6-10-16-11(17-20-10)9-2-1-4-14-13(9)19/h1-5,7,9H,6H2,(H,15,18). The predicted molar refractivity (Wildman–Crippen MR) is 75.2 cm³/mol. The van der Waals surface area contributed by atoms with Gasteiger partial charge in [0.1, 0.15) is 5.92 Å². The molecule has 21 heavy (non-hydrogen) atoms. The number of hydrogen-bond donors (Lipinski definition) is 1. The fourth-order valence-corrected chi connectivity index (χ4v) is 2.39. The summed E-state index contributed by atoms with van der Waals surface area (Å²) in [6.07, 6.45) is 4.72. The summed E-state index contributed by atoms with van der Waals surface area (Å²) in [5, 5.41) is 9.99. The maximum absolute atomic E-state index is 11.8. The van der Waals surface area contributed by atoms with Crippen LogP contribution in [0.2, 0.25) is 0 Å². The van der Waals surface area contributed by atoms with E-state index in [9.17, 15) is 9.59 Å². The molecule has 1 atom stereocenters. The number of carbonyl (C=O) groups excluding carboxylic acids is 2. The molecule has 0 aromatic carbocycles. The van der Waals surface area contributed by atoms with E-state index in [0.29, 0.717) is 5.56 Å². The van der Waals surface area contributed by atoms with Gasteiger partial charge in [0.25, 0.3) is 11.8 Å². The van der Waals surface area contributed by atoms with Gasteiger partial charge in [-0.15, -0.1) is 0 Å². The highest BCUT2D eigenvalue weighted by atomic mass is 32.1. The lowest BCUT2D eigenvalue weighted by molar-refractivity contribution is -0.118. The summed E-state index contributed by atoms with van der Waals surface area (Å²) in [4.78, 5) is 31.1. The van der Waals surface area contributed by atoms with Gasteiger partial charge in [-0.05, 0) is 17.5 Å². The Balaban J connectivity index is 1.63. The molecule has 0 fully saturated rings. The third-order valence-electron chi connectivity index (χ3n) is 2.80. The van der Waals surface area contributed by atoms with Crippen LogP contribution >= 0.6 is 11.3 Å². The molecule has 2 aromatic heterocycles. The Morgan fingerprint density at radius 1 is 1.48 bits per heavy atom. The maximum Gasteiger partial charge on any atom is 0.260 e. The van der Waals surface area contributed by atoms with E-state index in [4.69, 9.17) is 4.52 Å². The molecular formula is C13H10N4O3S. The molecule has 1 N–H and O–H groups in total. The molecule has 2 amide bonds. The van der Waals surface area contributed by atoms with Crippen LogP contribution in [-0.4, -0.2) is 28.2 Å². The Hall–Kier alpha value is -2.61. The SMILES string of the molecule is O=C(NCc1nc(C2C=CC=NC2=O)no1)c1ccsc1. The van der Waals surface area contributed by atoms with Crippen molar-refractivity contribution in [2.45, 2.75) is 12.5 Å². The van der Waals surface area contributed by atoms with Crippen molar-refractivity contribution in [2.24, 2.45) is 4.99 Å². The summed E-state index contributed by atoms with van der Waals surface area (Å²) in [6, 6.07) is 1.72. The lowest BCUT2D eigenvalue weighted by Crippen LogP contribution is -2.22. The van der Waals surface area contributed by atoms with E-state index in [1.165, 1.54) is 17.6 Å². The number of amides is 2. The van der Waals surface area contributed by atoms with Crippen LogP contribution < -0.4 is 5.32 Å². The zero-order chi connectivity index (χ0) is 14.7. The lowest BCUT2D eigenvalue weighted by Gasteiger charge is -2.04. The molecule has 0 saturated heterocycles. The molecule has 3 rings (SSSR count). The molecule has 7 nitrogen and oxygen atoms in total. The van der Waals surface area contributed by atoms with Gasteiger partial charge in [0.2, 0.25) is 5.89 Å². The monoisotopic (exact) mass is 302 g/mol. The van der Waals surface area contributed by atoms with Crippen molar-refractivity contribution in [2.75, 3.05) is 0 Å². The molecule has 0 aliphatic carbocycles. The largest absolute Gasteiger partial charge is 0.343 e. The first-order chi connectivity index (χ1) is 10.2. The van der Waals surface area contributed by atoms with Gasteiger partial charge in [0.05, 0.1) is 6.54 Å². The number of aliphatic imine (C=N–C) groups is 1. The summed E-state index contributed by atoms with van der Waals surface area (Å²) in [6.45, 7) is 0.107. The smallest absolute Gasteiger partial charge is 0.260 e. The second-order valence-electron chi connectivity index (χ2n) is 4.22. The number of allylic oxidation sites excluding steroid dienone is 1. The van der Waals surface area contributed by atoms with Crippen LogP contribution in [0, 0.1) is 0 Å². The average Bonchev–Trinajstić information content (AvgIpc) is 3.17. The van der Waals surface area contributed by atoms with Crippen LogP contribution in [0.4, 0.5) is 0 Å². The molecule has 1 unspecified atom stereocenters. The first-order valence-electron chi connectivity index (χ1n) is 6.11. The third-order valence-corrected chi connectivity index (χ3v) is 3.49. The molecule has 1 aliphatic heterocycles. The van der Waals surface area contributed by atoms with E-state index in [0.717, 1.165) is 0 Å². The van der Waals surface area contributed by atoms with Crippen LogP contribution in [0.5, 0.6) is 0 Å². The van der Waals surface area contributed by atoms with E-state index in [2.05, 4.69) is 20.4 Å². The molecule has 0 spiro atoms. The van der Waals surface area contributed by atoms with E-state index in [-0.39, 0.29) is 30.1 Å². The van der Waals surface area contributed by atoms with Crippen molar-refractivity contribution in [3.8, 4) is 0 Å². The Kier molecular flexibility index (Phi) is 3.69. The van der Waals surface area contributed by atoms with Crippen molar-refractivity contribution in [3.05, 3.63) is 46.3 Å². The Bertz CT molecular complexity index is 718. The number of carbonyl (C=O) groups is 2. The van der Waals surface area contributed by atoms with Gasteiger partial charge in [-0.2, -0.15) is 16.3 Å². The van der Waals surface area contributed by atoms with Crippen molar-refractivity contribution in [3.63, 3.8) is 0 Å². The third kappa shape index (κ3) is 2.95. The van der Waals surface area contributed by atoms with E-state index in [1.807, 2.05) is 5.38 Å². The summed E-state index contributed by atoms with van der Waals surface area (Å²) in [5.41, 5.74) is 0.583. The van der Waals surface area contributed by atoms with Crippen LogP contribution in [-0.2, 0) is 11.3 Å². The second-order valence-corrected chi connectivity index (χ2v) is 5.00. The summed E-state index contributed by atoms with van der Waals surface area (Å²) in [5.74, 6) is -0.696. The summed E-state index contributed by atoms with van der Waals surface area (Å²) < 4.78 is 5.02. The van der Waals surface area contributed by atoms with Crippen molar-refractivity contribution in [1.82, 2.24) is 15.5 Å². The Labute approximate surface area is 123 Å². The molecule has 2 aromatic rings.